The smallest absolute Gasteiger partial charge is 0.287 e. The van der Waals surface area contributed by atoms with E-state index in [0.29, 0.717) is 24.5 Å². The molecule has 3 aromatic rings. The lowest BCUT2D eigenvalue weighted by Crippen LogP contribution is -2.27. The Bertz CT molecular complexity index is 803. The van der Waals surface area contributed by atoms with Crippen molar-refractivity contribution in [1.82, 2.24) is 5.32 Å². The largest absolute Gasteiger partial charge is 0.491 e. The van der Waals surface area contributed by atoms with Gasteiger partial charge in [-0.15, -0.1) is 0 Å². The third-order valence-electron chi connectivity index (χ3n) is 3.64. The number of carbonyl (C=O) groups excluding carboxylic acids is 1. The number of benzene rings is 2. The van der Waals surface area contributed by atoms with Crippen LogP contribution in [0.2, 0.25) is 0 Å². The fraction of sp³-hybridized carbons (Fsp3) is 0.211. The predicted octanol–water partition coefficient (Wildman–Crippen LogP) is 3.86. The molecule has 0 radical (unpaired) electrons. The number of furan rings is 1. The Morgan fingerprint density at radius 1 is 1.13 bits per heavy atom. The third kappa shape index (κ3) is 3.54. The molecule has 4 heteroatoms. The lowest BCUT2D eigenvalue weighted by atomic mass is 10.1. The van der Waals surface area contributed by atoms with Gasteiger partial charge in [0.1, 0.15) is 17.9 Å². The first kappa shape index (κ1) is 15.2. The van der Waals surface area contributed by atoms with E-state index in [0.717, 1.165) is 22.3 Å². The second kappa shape index (κ2) is 6.57. The highest BCUT2D eigenvalue weighted by molar-refractivity contribution is 5.96. The van der Waals surface area contributed by atoms with E-state index in [4.69, 9.17) is 9.15 Å². The highest BCUT2D eigenvalue weighted by atomic mass is 16.5. The van der Waals surface area contributed by atoms with Gasteiger partial charge in [0.25, 0.3) is 5.91 Å². The highest BCUT2D eigenvalue weighted by Crippen LogP contribution is 2.19. The fourth-order valence-corrected chi connectivity index (χ4v) is 2.37. The van der Waals surface area contributed by atoms with Crippen molar-refractivity contribution >= 4 is 16.9 Å². The summed E-state index contributed by atoms with van der Waals surface area (Å²) in [5.74, 6) is 0.937. The van der Waals surface area contributed by atoms with Crippen molar-refractivity contribution in [1.29, 1.82) is 0 Å². The molecule has 1 heterocycles. The topological polar surface area (TPSA) is 51.5 Å². The maximum absolute atomic E-state index is 12.1. The van der Waals surface area contributed by atoms with Crippen LogP contribution in [0.3, 0.4) is 0 Å². The Hall–Kier alpha value is -2.75. The third-order valence-corrected chi connectivity index (χ3v) is 3.64. The number of fused-ring (bicyclic) bond motifs is 1. The number of hydrogen-bond donors (Lipinski definition) is 1. The van der Waals surface area contributed by atoms with Crippen LogP contribution in [0.15, 0.2) is 52.9 Å². The molecule has 0 aliphatic carbocycles. The van der Waals surface area contributed by atoms with E-state index in [9.17, 15) is 4.79 Å². The Labute approximate surface area is 135 Å². The molecule has 23 heavy (non-hydrogen) atoms. The molecule has 0 saturated carbocycles. The highest BCUT2D eigenvalue weighted by Gasteiger charge is 2.11. The maximum Gasteiger partial charge on any atom is 0.287 e. The lowest BCUT2D eigenvalue weighted by molar-refractivity contribution is 0.0921. The molecule has 0 bridgehead atoms. The minimum absolute atomic E-state index is 0.231. The van der Waals surface area contributed by atoms with Crippen molar-refractivity contribution < 1.29 is 13.9 Å². The van der Waals surface area contributed by atoms with Crippen LogP contribution >= 0.6 is 0 Å². The van der Waals surface area contributed by atoms with E-state index in [1.165, 1.54) is 0 Å². The first-order valence-electron chi connectivity index (χ1n) is 7.60. The molecule has 0 aliphatic heterocycles. The molecular formula is C19H19NO3. The zero-order valence-corrected chi connectivity index (χ0v) is 13.3. The molecule has 1 amide bonds. The second-order valence-electron chi connectivity index (χ2n) is 5.52. The van der Waals surface area contributed by atoms with Crippen LogP contribution in [0.1, 0.15) is 21.7 Å². The molecule has 2 aromatic carbocycles. The SMILES string of the molecule is Cc1ccc(C)c(OCCNC(=O)c2cc3ccccc3o2)c1. The average Bonchev–Trinajstić information content (AvgIpc) is 2.98. The van der Waals surface area contributed by atoms with Gasteiger partial charge in [0.15, 0.2) is 5.76 Å². The van der Waals surface area contributed by atoms with Crippen LogP contribution in [0.4, 0.5) is 0 Å². The van der Waals surface area contributed by atoms with E-state index < -0.39 is 0 Å². The quantitative estimate of drug-likeness (QED) is 0.728. The zero-order valence-electron chi connectivity index (χ0n) is 13.3. The van der Waals surface area contributed by atoms with Gasteiger partial charge in [0.2, 0.25) is 0 Å². The van der Waals surface area contributed by atoms with Gasteiger partial charge in [-0.1, -0.05) is 30.3 Å². The number of para-hydroxylation sites is 1. The van der Waals surface area contributed by atoms with Crippen molar-refractivity contribution in [2.45, 2.75) is 13.8 Å². The number of rotatable bonds is 5. The maximum atomic E-state index is 12.1. The molecular weight excluding hydrogens is 290 g/mol. The van der Waals surface area contributed by atoms with Crippen LogP contribution in [0.5, 0.6) is 5.75 Å². The van der Waals surface area contributed by atoms with Crippen molar-refractivity contribution in [2.75, 3.05) is 13.2 Å². The summed E-state index contributed by atoms with van der Waals surface area (Å²) in [6, 6.07) is 15.4. The minimum Gasteiger partial charge on any atom is -0.491 e. The summed E-state index contributed by atoms with van der Waals surface area (Å²) < 4.78 is 11.2. The van der Waals surface area contributed by atoms with E-state index in [-0.39, 0.29) is 5.91 Å². The van der Waals surface area contributed by atoms with Crippen LogP contribution in [0, 0.1) is 13.8 Å². The van der Waals surface area contributed by atoms with E-state index >= 15 is 0 Å². The first-order chi connectivity index (χ1) is 11.1. The summed E-state index contributed by atoms with van der Waals surface area (Å²) in [6.45, 7) is 4.86. The number of hydrogen-bond acceptors (Lipinski definition) is 3. The molecule has 4 nitrogen and oxygen atoms in total. The average molecular weight is 309 g/mol. The molecule has 0 fully saturated rings. The summed E-state index contributed by atoms with van der Waals surface area (Å²) in [7, 11) is 0. The normalized spacial score (nSPS) is 10.7. The van der Waals surface area contributed by atoms with Gasteiger partial charge in [-0.05, 0) is 43.2 Å². The Kier molecular flexibility index (Phi) is 4.33. The number of ether oxygens (including phenoxy) is 1. The number of carbonyl (C=O) groups is 1. The summed E-state index contributed by atoms with van der Waals surface area (Å²) in [5, 5.41) is 3.73. The molecule has 1 N–H and O–H groups in total. The molecule has 0 aliphatic rings. The summed E-state index contributed by atoms with van der Waals surface area (Å²) in [5.41, 5.74) is 2.94. The van der Waals surface area contributed by atoms with Gasteiger partial charge >= 0.3 is 0 Å². The van der Waals surface area contributed by atoms with Gasteiger partial charge in [0, 0.05) is 5.39 Å². The number of amides is 1. The van der Waals surface area contributed by atoms with E-state index in [1.807, 2.05) is 56.3 Å². The molecule has 0 atom stereocenters. The summed E-state index contributed by atoms with van der Waals surface area (Å²) in [4.78, 5) is 12.1. The monoisotopic (exact) mass is 309 g/mol. The zero-order chi connectivity index (χ0) is 16.2. The summed E-state index contributed by atoms with van der Waals surface area (Å²) in [6.07, 6.45) is 0. The van der Waals surface area contributed by atoms with E-state index in [2.05, 4.69) is 5.32 Å². The molecule has 0 saturated heterocycles. The van der Waals surface area contributed by atoms with Crippen molar-refractivity contribution in [2.24, 2.45) is 0 Å². The van der Waals surface area contributed by atoms with Crippen molar-refractivity contribution in [3.05, 3.63) is 65.4 Å². The Morgan fingerprint density at radius 3 is 2.78 bits per heavy atom. The van der Waals surface area contributed by atoms with Crippen LogP contribution in [0.25, 0.3) is 11.0 Å². The van der Waals surface area contributed by atoms with Gasteiger partial charge in [-0.25, -0.2) is 0 Å². The van der Waals surface area contributed by atoms with Crippen molar-refractivity contribution in [3.8, 4) is 5.75 Å². The molecule has 0 unspecified atom stereocenters. The van der Waals surface area contributed by atoms with Crippen LogP contribution in [-0.2, 0) is 0 Å². The van der Waals surface area contributed by atoms with Crippen LogP contribution < -0.4 is 10.1 Å². The molecule has 1 aromatic heterocycles. The predicted molar refractivity (Wildman–Crippen MR) is 90.0 cm³/mol. The Morgan fingerprint density at radius 2 is 1.96 bits per heavy atom. The Balaban J connectivity index is 1.54. The second-order valence-corrected chi connectivity index (χ2v) is 5.52. The molecule has 0 spiro atoms. The molecule has 3 rings (SSSR count). The minimum atomic E-state index is -0.231. The number of aryl methyl sites for hydroxylation is 2. The van der Waals surface area contributed by atoms with E-state index in [1.54, 1.807) is 6.07 Å². The van der Waals surface area contributed by atoms with Gasteiger partial charge < -0.3 is 14.5 Å². The van der Waals surface area contributed by atoms with Crippen molar-refractivity contribution in [3.63, 3.8) is 0 Å². The lowest BCUT2D eigenvalue weighted by Gasteiger charge is -2.10. The van der Waals surface area contributed by atoms with Gasteiger partial charge in [0.05, 0.1) is 6.54 Å². The summed E-state index contributed by atoms with van der Waals surface area (Å²) >= 11 is 0. The standard InChI is InChI=1S/C19H19NO3/c1-13-7-8-14(2)17(11-13)22-10-9-20-19(21)18-12-15-5-3-4-6-16(15)23-18/h3-8,11-12H,9-10H2,1-2H3,(H,20,21). The van der Waals surface area contributed by atoms with Gasteiger partial charge in [-0.2, -0.15) is 0 Å². The first-order valence-corrected chi connectivity index (χ1v) is 7.60. The van der Waals surface area contributed by atoms with Crippen LogP contribution in [-0.4, -0.2) is 19.1 Å². The number of nitrogens with one attached hydrogen (secondary N) is 1. The van der Waals surface area contributed by atoms with Gasteiger partial charge in [-0.3, -0.25) is 4.79 Å². The fourth-order valence-electron chi connectivity index (χ4n) is 2.37. The molecule has 118 valence electrons.